The SMILES string of the molecule is CCc1cc(=O)oc2cc(OCC(=O)NCc3cc(OC)c(OC)c(OC)c3)ccc12. The first-order chi connectivity index (χ1) is 15.0. The van der Waals surface area contributed by atoms with E-state index in [0.717, 1.165) is 16.5 Å². The van der Waals surface area contributed by atoms with Crippen molar-refractivity contribution in [3.63, 3.8) is 0 Å². The Hall–Kier alpha value is -3.68. The van der Waals surface area contributed by atoms with Crippen LogP contribution in [0.1, 0.15) is 18.1 Å². The maximum Gasteiger partial charge on any atom is 0.336 e. The second kappa shape index (κ2) is 9.88. The van der Waals surface area contributed by atoms with Crippen LogP contribution in [0.5, 0.6) is 23.0 Å². The molecule has 8 nitrogen and oxygen atoms in total. The van der Waals surface area contributed by atoms with Crippen LogP contribution in [0.2, 0.25) is 0 Å². The second-order valence-electron chi connectivity index (χ2n) is 6.70. The van der Waals surface area contributed by atoms with E-state index in [2.05, 4.69) is 5.32 Å². The summed E-state index contributed by atoms with van der Waals surface area (Å²) in [4.78, 5) is 23.9. The van der Waals surface area contributed by atoms with E-state index in [1.165, 1.54) is 27.4 Å². The summed E-state index contributed by atoms with van der Waals surface area (Å²) in [7, 11) is 4.59. The molecular weight excluding hydrogens is 402 g/mol. The second-order valence-corrected chi connectivity index (χ2v) is 6.70. The van der Waals surface area contributed by atoms with Crippen LogP contribution in [0.25, 0.3) is 11.0 Å². The monoisotopic (exact) mass is 427 g/mol. The molecule has 164 valence electrons. The molecule has 0 spiro atoms. The lowest BCUT2D eigenvalue weighted by Gasteiger charge is -2.14. The minimum atomic E-state index is -0.412. The van der Waals surface area contributed by atoms with E-state index in [1.807, 2.05) is 13.0 Å². The normalized spacial score (nSPS) is 10.6. The molecule has 8 heteroatoms. The van der Waals surface area contributed by atoms with E-state index in [9.17, 15) is 9.59 Å². The van der Waals surface area contributed by atoms with Crippen molar-refractivity contribution < 1.29 is 28.2 Å². The molecule has 0 aliphatic rings. The summed E-state index contributed by atoms with van der Waals surface area (Å²) in [5.41, 5.74) is 1.70. The number of benzene rings is 2. The van der Waals surface area contributed by atoms with Crippen molar-refractivity contribution in [1.82, 2.24) is 5.32 Å². The van der Waals surface area contributed by atoms with Gasteiger partial charge in [-0.25, -0.2) is 4.79 Å². The molecule has 0 atom stereocenters. The van der Waals surface area contributed by atoms with Gasteiger partial charge < -0.3 is 28.7 Å². The van der Waals surface area contributed by atoms with Crippen LogP contribution in [0.3, 0.4) is 0 Å². The van der Waals surface area contributed by atoms with Crippen LogP contribution in [-0.4, -0.2) is 33.8 Å². The molecule has 0 saturated carbocycles. The summed E-state index contributed by atoms with van der Waals surface area (Å²) in [5.74, 6) is 1.62. The van der Waals surface area contributed by atoms with Crippen LogP contribution in [0.15, 0.2) is 45.6 Å². The molecule has 3 aromatic rings. The van der Waals surface area contributed by atoms with E-state index in [4.69, 9.17) is 23.4 Å². The average molecular weight is 427 g/mol. The van der Waals surface area contributed by atoms with Crippen molar-refractivity contribution in [2.75, 3.05) is 27.9 Å². The number of aryl methyl sites for hydroxylation is 1. The Morgan fingerprint density at radius 2 is 1.71 bits per heavy atom. The van der Waals surface area contributed by atoms with E-state index in [0.29, 0.717) is 35.0 Å². The summed E-state index contributed by atoms with van der Waals surface area (Å²) in [6, 6.07) is 10.2. The van der Waals surface area contributed by atoms with E-state index in [1.54, 1.807) is 24.3 Å². The van der Waals surface area contributed by atoms with Crippen molar-refractivity contribution >= 4 is 16.9 Å². The highest BCUT2D eigenvalue weighted by Crippen LogP contribution is 2.38. The zero-order chi connectivity index (χ0) is 22.4. The van der Waals surface area contributed by atoms with Gasteiger partial charge in [-0.05, 0) is 41.8 Å². The third-order valence-corrected chi connectivity index (χ3v) is 4.77. The Labute approximate surface area is 179 Å². The number of hydrogen-bond donors (Lipinski definition) is 1. The van der Waals surface area contributed by atoms with Crippen molar-refractivity contribution in [1.29, 1.82) is 0 Å². The zero-order valence-corrected chi connectivity index (χ0v) is 17.9. The molecule has 0 aliphatic heterocycles. The first-order valence-electron chi connectivity index (χ1n) is 9.74. The maximum atomic E-state index is 12.2. The minimum Gasteiger partial charge on any atom is -0.493 e. The van der Waals surface area contributed by atoms with Crippen molar-refractivity contribution in [3.05, 3.63) is 57.9 Å². The van der Waals surface area contributed by atoms with Gasteiger partial charge in [0.1, 0.15) is 11.3 Å². The fraction of sp³-hybridized carbons (Fsp3) is 0.304. The highest BCUT2D eigenvalue weighted by atomic mass is 16.5. The number of ether oxygens (including phenoxy) is 4. The van der Waals surface area contributed by atoms with Gasteiger partial charge in [-0.1, -0.05) is 6.92 Å². The molecule has 0 saturated heterocycles. The van der Waals surface area contributed by atoms with Crippen molar-refractivity contribution in [2.45, 2.75) is 19.9 Å². The molecule has 0 fully saturated rings. The Morgan fingerprint density at radius 1 is 1.00 bits per heavy atom. The lowest BCUT2D eigenvalue weighted by atomic mass is 10.1. The lowest BCUT2D eigenvalue weighted by Crippen LogP contribution is -2.28. The zero-order valence-electron chi connectivity index (χ0n) is 17.9. The molecule has 0 unspecified atom stereocenters. The van der Waals surface area contributed by atoms with E-state index < -0.39 is 5.63 Å². The molecule has 1 heterocycles. The Kier molecular flexibility index (Phi) is 7.02. The van der Waals surface area contributed by atoms with Crippen LogP contribution < -0.4 is 29.9 Å². The number of rotatable bonds is 9. The number of hydrogen-bond acceptors (Lipinski definition) is 7. The fourth-order valence-electron chi connectivity index (χ4n) is 3.23. The number of nitrogens with one attached hydrogen (secondary N) is 1. The minimum absolute atomic E-state index is 0.187. The van der Waals surface area contributed by atoms with Crippen molar-refractivity contribution in [3.8, 4) is 23.0 Å². The Morgan fingerprint density at radius 3 is 2.32 bits per heavy atom. The third kappa shape index (κ3) is 5.09. The number of fused-ring (bicyclic) bond motifs is 1. The van der Waals surface area contributed by atoms with Crippen LogP contribution in [0.4, 0.5) is 0 Å². The van der Waals surface area contributed by atoms with E-state index in [-0.39, 0.29) is 19.1 Å². The van der Waals surface area contributed by atoms with Gasteiger partial charge in [0.05, 0.1) is 21.3 Å². The van der Waals surface area contributed by atoms with Gasteiger partial charge in [0, 0.05) is 24.1 Å². The van der Waals surface area contributed by atoms with Gasteiger partial charge >= 0.3 is 5.63 Å². The Balaban J connectivity index is 1.64. The van der Waals surface area contributed by atoms with Gasteiger partial charge in [0.2, 0.25) is 5.75 Å². The quantitative estimate of drug-likeness (QED) is 0.524. The molecule has 0 aliphatic carbocycles. The largest absolute Gasteiger partial charge is 0.493 e. The first-order valence-corrected chi connectivity index (χ1v) is 9.74. The molecular formula is C23H25NO7. The standard InChI is InChI=1S/C23H25NO7/c1-5-15-10-22(26)31-18-11-16(6-7-17(15)18)30-13-21(25)24-12-14-8-19(27-2)23(29-4)20(9-14)28-3/h6-11H,5,12-13H2,1-4H3,(H,24,25). The van der Waals surface area contributed by atoms with Gasteiger partial charge in [-0.3, -0.25) is 4.79 Å². The molecule has 1 amide bonds. The summed E-state index contributed by atoms with van der Waals surface area (Å²) in [5, 5.41) is 3.63. The number of carbonyl (C=O) groups excluding carboxylic acids is 1. The number of carbonyl (C=O) groups is 1. The molecule has 0 radical (unpaired) electrons. The van der Waals surface area contributed by atoms with Crippen LogP contribution in [0, 0.1) is 0 Å². The van der Waals surface area contributed by atoms with Crippen LogP contribution in [-0.2, 0) is 17.8 Å². The summed E-state index contributed by atoms with van der Waals surface area (Å²) in [6.45, 7) is 2.04. The molecule has 1 N–H and O–H groups in total. The van der Waals surface area contributed by atoms with Gasteiger partial charge in [0.15, 0.2) is 18.1 Å². The molecule has 2 aromatic carbocycles. The highest BCUT2D eigenvalue weighted by molar-refractivity contribution is 5.82. The summed E-state index contributed by atoms with van der Waals surface area (Å²) in [6.07, 6.45) is 0.714. The van der Waals surface area contributed by atoms with Gasteiger partial charge in [-0.2, -0.15) is 0 Å². The predicted octanol–water partition coefficient (Wildman–Crippen LogP) is 3.08. The average Bonchev–Trinajstić information content (AvgIpc) is 2.79. The van der Waals surface area contributed by atoms with Crippen LogP contribution >= 0.6 is 0 Å². The third-order valence-electron chi connectivity index (χ3n) is 4.77. The van der Waals surface area contributed by atoms with E-state index >= 15 is 0 Å². The van der Waals surface area contributed by atoms with Gasteiger partial charge in [0.25, 0.3) is 5.91 Å². The number of methoxy groups -OCH3 is 3. The summed E-state index contributed by atoms with van der Waals surface area (Å²) < 4.78 is 26.7. The molecule has 3 rings (SSSR count). The molecule has 0 bridgehead atoms. The maximum absolute atomic E-state index is 12.2. The molecule has 1 aromatic heterocycles. The predicted molar refractivity (Wildman–Crippen MR) is 115 cm³/mol. The lowest BCUT2D eigenvalue weighted by molar-refractivity contribution is -0.123. The van der Waals surface area contributed by atoms with Crippen molar-refractivity contribution in [2.24, 2.45) is 0 Å². The number of amides is 1. The Bertz CT molecular complexity index is 1110. The molecule has 31 heavy (non-hydrogen) atoms. The fourth-order valence-corrected chi connectivity index (χ4v) is 3.23. The topological polar surface area (TPSA) is 96.2 Å². The summed E-state index contributed by atoms with van der Waals surface area (Å²) >= 11 is 0. The smallest absolute Gasteiger partial charge is 0.336 e. The van der Waals surface area contributed by atoms with Gasteiger partial charge in [-0.15, -0.1) is 0 Å². The first kappa shape index (κ1) is 22.0. The highest BCUT2D eigenvalue weighted by Gasteiger charge is 2.14.